The van der Waals surface area contributed by atoms with Gasteiger partial charge in [0.05, 0.1) is 10.6 Å². The van der Waals surface area contributed by atoms with Crippen molar-refractivity contribution in [1.82, 2.24) is 9.55 Å². The van der Waals surface area contributed by atoms with Gasteiger partial charge in [-0.1, -0.05) is 23.9 Å². The highest BCUT2D eigenvalue weighted by atomic mass is 127. The number of fused-ring (bicyclic) bond motifs is 1. The fraction of sp³-hybridized carbons (Fsp3) is 0.118. The molecule has 0 atom stereocenters. The van der Waals surface area contributed by atoms with Crippen LogP contribution in [0.15, 0.2) is 64.8 Å². The van der Waals surface area contributed by atoms with Crippen LogP contribution < -0.4 is 4.72 Å². The molecule has 0 fully saturated rings. The molecular formula is C17H14IN3O2S2. The number of anilines is 1. The van der Waals surface area contributed by atoms with Crippen LogP contribution in [0.4, 0.5) is 5.69 Å². The number of aromatic nitrogens is 2. The van der Waals surface area contributed by atoms with E-state index in [-0.39, 0.29) is 4.90 Å². The SMILES string of the molecule is O=S(=O)(Nc1cccc(-c2cn3c(n2)SCC3)c1)c1ccc(I)cc1. The number of nitrogens with zero attached hydrogens (tertiary/aromatic N) is 2. The summed E-state index contributed by atoms with van der Waals surface area (Å²) in [7, 11) is -3.61. The molecular weight excluding hydrogens is 469 g/mol. The van der Waals surface area contributed by atoms with Crippen molar-refractivity contribution in [2.75, 3.05) is 10.5 Å². The number of imidazole rings is 1. The molecule has 5 nitrogen and oxygen atoms in total. The Balaban J connectivity index is 1.62. The van der Waals surface area contributed by atoms with Gasteiger partial charge in [-0.25, -0.2) is 13.4 Å². The predicted octanol–water partition coefficient (Wildman–Crippen LogP) is 4.06. The van der Waals surface area contributed by atoms with E-state index in [1.54, 1.807) is 42.1 Å². The zero-order valence-corrected chi connectivity index (χ0v) is 16.8. The number of rotatable bonds is 4. The van der Waals surface area contributed by atoms with Crippen LogP contribution in [-0.4, -0.2) is 23.7 Å². The van der Waals surface area contributed by atoms with Crippen LogP contribution in [0.5, 0.6) is 0 Å². The highest BCUT2D eigenvalue weighted by Gasteiger charge is 2.17. The number of benzene rings is 2. The van der Waals surface area contributed by atoms with Gasteiger partial charge in [-0.05, 0) is 59.0 Å². The van der Waals surface area contributed by atoms with Gasteiger partial charge in [-0.15, -0.1) is 0 Å². The zero-order chi connectivity index (χ0) is 17.4. The van der Waals surface area contributed by atoms with Gasteiger partial charge in [-0.3, -0.25) is 4.72 Å². The third-order valence-corrected chi connectivity index (χ3v) is 6.92. The molecule has 0 bridgehead atoms. The number of hydrogen-bond acceptors (Lipinski definition) is 4. The van der Waals surface area contributed by atoms with Crippen LogP contribution in [-0.2, 0) is 16.6 Å². The molecule has 0 amide bonds. The first kappa shape index (κ1) is 16.9. The second kappa shape index (κ2) is 6.65. The summed E-state index contributed by atoms with van der Waals surface area (Å²) in [5.41, 5.74) is 2.28. The largest absolute Gasteiger partial charge is 0.325 e. The van der Waals surface area contributed by atoms with E-state index >= 15 is 0 Å². The van der Waals surface area contributed by atoms with E-state index in [1.165, 1.54) is 0 Å². The molecule has 25 heavy (non-hydrogen) atoms. The average molecular weight is 483 g/mol. The van der Waals surface area contributed by atoms with Crippen molar-refractivity contribution in [3.63, 3.8) is 0 Å². The standard InChI is InChI=1S/C17H14IN3O2S2/c18-13-4-6-15(7-5-13)25(22,23)20-14-3-1-2-12(10-14)16-11-21-8-9-24-17(21)19-16/h1-7,10-11,20H,8-9H2. The molecule has 0 aliphatic carbocycles. The first-order valence-corrected chi connectivity index (χ1v) is 11.1. The van der Waals surface area contributed by atoms with Gasteiger partial charge >= 0.3 is 0 Å². The molecule has 2 aromatic carbocycles. The van der Waals surface area contributed by atoms with Crippen LogP contribution in [0.2, 0.25) is 0 Å². The van der Waals surface area contributed by atoms with Crippen molar-refractivity contribution in [2.24, 2.45) is 0 Å². The molecule has 0 saturated heterocycles. The lowest BCUT2D eigenvalue weighted by atomic mass is 10.1. The quantitative estimate of drug-likeness (QED) is 0.569. The number of thioether (sulfide) groups is 1. The Morgan fingerprint density at radius 2 is 1.96 bits per heavy atom. The number of sulfonamides is 1. The van der Waals surface area contributed by atoms with E-state index in [1.807, 2.05) is 24.4 Å². The Morgan fingerprint density at radius 3 is 2.72 bits per heavy atom. The molecule has 1 aromatic heterocycles. The van der Waals surface area contributed by atoms with Crippen molar-refractivity contribution < 1.29 is 8.42 Å². The summed E-state index contributed by atoms with van der Waals surface area (Å²) in [4.78, 5) is 4.86. The molecule has 0 saturated carbocycles. The van der Waals surface area contributed by atoms with Crippen LogP contribution in [0, 0.1) is 3.57 Å². The Morgan fingerprint density at radius 1 is 1.16 bits per heavy atom. The van der Waals surface area contributed by atoms with Crippen LogP contribution in [0.25, 0.3) is 11.3 Å². The fourth-order valence-corrected chi connectivity index (χ4v) is 4.97. The van der Waals surface area contributed by atoms with Gasteiger partial charge in [0, 0.05) is 33.3 Å². The second-order valence-electron chi connectivity index (χ2n) is 5.59. The topological polar surface area (TPSA) is 64.0 Å². The monoisotopic (exact) mass is 483 g/mol. The summed E-state index contributed by atoms with van der Waals surface area (Å²) < 4.78 is 30.8. The zero-order valence-electron chi connectivity index (χ0n) is 13.0. The van der Waals surface area contributed by atoms with E-state index in [0.717, 1.165) is 32.3 Å². The number of hydrogen-bond donors (Lipinski definition) is 1. The summed E-state index contributed by atoms with van der Waals surface area (Å²) in [6.07, 6.45) is 2.02. The molecule has 1 aliphatic heterocycles. The van der Waals surface area contributed by atoms with E-state index in [0.29, 0.717) is 5.69 Å². The second-order valence-corrected chi connectivity index (χ2v) is 9.58. The normalized spacial score (nSPS) is 13.6. The fourth-order valence-electron chi connectivity index (χ4n) is 2.62. The minimum Gasteiger partial charge on any atom is -0.325 e. The van der Waals surface area contributed by atoms with Crippen molar-refractivity contribution in [2.45, 2.75) is 16.6 Å². The molecule has 1 N–H and O–H groups in total. The van der Waals surface area contributed by atoms with Gasteiger partial charge in [0.1, 0.15) is 0 Å². The summed E-state index contributed by atoms with van der Waals surface area (Å²) >= 11 is 3.88. The number of aryl methyl sites for hydroxylation is 1. The smallest absolute Gasteiger partial charge is 0.261 e. The summed E-state index contributed by atoms with van der Waals surface area (Å²) in [6, 6.07) is 14.1. The first-order chi connectivity index (χ1) is 12.0. The van der Waals surface area contributed by atoms with Crippen molar-refractivity contribution in [1.29, 1.82) is 0 Å². The van der Waals surface area contributed by atoms with E-state index in [4.69, 9.17) is 0 Å². The number of nitrogens with one attached hydrogen (secondary N) is 1. The third kappa shape index (κ3) is 3.56. The molecule has 1 aliphatic rings. The lowest BCUT2D eigenvalue weighted by molar-refractivity contribution is 0.601. The van der Waals surface area contributed by atoms with Crippen LogP contribution in [0.3, 0.4) is 0 Å². The first-order valence-electron chi connectivity index (χ1n) is 7.60. The molecule has 0 radical (unpaired) electrons. The lowest BCUT2D eigenvalue weighted by Crippen LogP contribution is -2.12. The molecule has 2 heterocycles. The molecule has 4 rings (SSSR count). The van der Waals surface area contributed by atoms with Gasteiger partial charge in [0.2, 0.25) is 0 Å². The van der Waals surface area contributed by atoms with Crippen molar-refractivity contribution >= 4 is 50.1 Å². The minimum atomic E-state index is -3.61. The lowest BCUT2D eigenvalue weighted by Gasteiger charge is -2.09. The highest BCUT2D eigenvalue weighted by molar-refractivity contribution is 14.1. The van der Waals surface area contributed by atoms with E-state index < -0.39 is 10.0 Å². The summed E-state index contributed by atoms with van der Waals surface area (Å²) in [5.74, 6) is 1.05. The number of halogens is 1. The minimum absolute atomic E-state index is 0.246. The third-order valence-electron chi connectivity index (χ3n) is 3.84. The Bertz CT molecular complexity index is 1010. The Hall–Kier alpha value is -1.52. The van der Waals surface area contributed by atoms with Gasteiger partial charge < -0.3 is 4.57 Å². The van der Waals surface area contributed by atoms with Gasteiger partial charge in [-0.2, -0.15) is 0 Å². The predicted molar refractivity (Wildman–Crippen MR) is 108 cm³/mol. The molecule has 0 spiro atoms. The highest BCUT2D eigenvalue weighted by Crippen LogP contribution is 2.30. The maximum absolute atomic E-state index is 12.5. The molecule has 3 aromatic rings. The maximum Gasteiger partial charge on any atom is 0.261 e. The van der Waals surface area contributed by atoms with Crippen LogP contribution >= 0.6 is 34.4 Å². The van der Waals surface area contributed by atoms with Gasteiger partial charge in [0.25, 0.3) is 10.0 Å². The van der Waals surface area contributed by atoms with Crippen molar-refractivity contribution in [3.05, 3.63) is 58.3 Å². The molecule has 128 valence electrons. The Labute approximate surface area is 164 Å². The van der Waals surface area contributed by atoms with E-state index in [9.17, 15) is 8.42 Å². The average Bonchev–Trinajstić information content (AvgIpc) is 3.17. The molecule has 0 unspecified atom stereocenters. The van der Waals surface area contributed by atoms with E-state index in [2.05, 4.69) is 36.9 Å². The van der Waals surface area contributed by atoms with Crippen molar-refractivity contribution in [3.8, 4) is 11.3 Å². The Kier molecular flexibility index (Phi) is 4.50. The molecule has 8 heteroatoms. The van der Waals surface area contributed by atoms with Crippen LogP contribution in [0.1, 0.15) is 0 Å². The summed E-state index contributed by atoms with van der Waals surface area (Å²) in [6.45, 7) is 0.964. The summed E-state index contributed by atoms with van der Waals surface area (Å²) in [5, 5.41) is 1.01. The maximum atomic E-state index is 12.5. The van der Waals surface area contributed by atoms with Gasteiger partial charge in [0.15, 0.2) is 5.16 Å².